The number of hydrogen-bond acceptors (Lipinski definition) is 1. The summed E-state index contributed by atoms with van der Waals surface area (Å²) in [6.07, 6.45) is 21.3. The molecule has 1 nitrogen and oxygen atoms in total. The van der Waals surface area contributed by atoms with Crippen LogP contribution in [-0.4, -0.2) is 6.04 Å². The van der Waals surface area contributed by atoms with Crippen LogP contribution in [0.15, 0.2) is 0 Å². The van der Waals surface area contributed by atoms with Gasteiger partial charge >= 0.3 is 0 Å². The third kappa shape index (κ3) is 25.3. The fraction of sp³-hybridized carbons (Fsp3) is 1.00. The zero-order valence-electron chi connectivity index (χ0n) is 15.8. The standard InChI is InChI=1S/C18H39N.C2H6/c1-3-4-5-6-7-8-9-10-11-12-13-14-15-16-17-18(2)19;1-2/h18H,3-17,19H2,1-2H3;1-2H3. The first-order valence-corrected chi connectivity index (χ1v) is 10.0. The third-order valence-electron chi connectivity index (χ3n) is 4.01. The molecule has 0 aliphatic carbocycles. The normalized spacial score (nSPS) is 11.9. The molecule has 0 aliphatic heterocycles. The molecule has 0 spiro atoms. The van der Waals surface area contributed by atoms with E-state index in [1.807, 2.05) is 13.8 Å². The van der Waals surface area contributed by atoms with E-state index in [9.17, 15) is 0 Å². The Labute approximate surface area is 136 Å². The van der Waals surface area contributed by atoms with Gasteiger partial charge in [0.1, 0.15) is 0 Å². The minimum absolute atomic E-state index is 0.400. The summed E-state index contributed by atoms with van der Waals surface area (Å²) >= 11 is 0. The second-order valence-electron chi connectivity index (χ2n) is 6.36. The fourth-order valence-electron chi connectivity index (χ4n) is 2.66. The van der Waals surface area contributed by atoms with Gasteiger partial charge in [0.05, 0.1) is 0 Å². The van der Waals surface area contributed by atoms with E-state index >= 15 is 0 Å². The Morgan fingerprint density at radius 1 is 0.571 bits per heavy atom. The Morgan fingerprint density at radius 2 is 0.857 bits per heavy atom. The van der Waals surface area contributed by atoms with Crippen LogP contribution in [0, 0.1) is 0 Å². The van der Waals surface area contributed by atoms with Crippen molar-refractivity contribution >= 4 is 0 Å². The Kier molecular flexibility index (Phi) is 24.6. The Hall–Kier alpha value is -0.0400. The lowest BCUT2D eigenvalue weighted by molar-refractivity contribution is 0.523. The van der Waals surface area contributed by atoms with Crippen molar-refractivity contribution in [2.24, 2.45) is 5.73 Å². The molecule has 0 aromatic rings. The summed E-state index contributed by atoms with van der Waals surface area (Å²) < 4.78 is 0. The van der Waals surface area contributed by atoms with Gasteiger partial charge in [0.2, 0.25) is 0 Å². The summed E-state index contributed by atoms with van der Waals surface area (Å²) in [6.45, 7) is 8.40. The van der Waals surface area contributed by atoms with Crippen LogP contribution in [0.2, 0.25) is 0 Å². The summed E-state index contributed by atoms with van der Waals surface area (Å²) in [5, 5.41) is 0. The predicted octanol–water partition coefficient (Wildman–Crippen LogP) is 7.23. The molecule has 0 saturated carbocycles. The highest BCUT2D eigenvalue weighted by molar-refractivity contribution is 4.54. The maximum absolute atomic E-state index is 5.74. The van der Waals surface area contributed by atoms with Gasteiger partial charge < -0.3 is 5.73 Å². The molecule has 0 aromatic heterocycles. The van der Waals surface area contributed by atoms with Gasteiger partial charge in [-0.3, -0.25) is 0 Å². The van der Waals surface area contributed by atoms with E-state index in [0.29, 0.717) is 6.04 Å². The van der Waals surface area contributed by atoms with Crippen LogP contribution in [0.5, 0.6) is 0 Å². The first kappa shape index (κ1) is 23.2. The van der Waals surface area contributed by atoms with E-state index in [-0.39, 0.29) is 0 Å². The maximum atomic E-state index is 5.74. The van der Waals surface area contributed by atoms with Crippen LogP contribution in [0.1, 0.15) is 124 Å². The Bertz CT molecular complexity index is 154. The van der Waals surface area contributed by atoms with Crippen molar-refractivity contribution in [1.29, 1.82) is 0 Å². The van der Waals surface area contributed by atoms with Crippen molar-refractivity contribution in [2.45, 2.75) is 130 Å². The highest BCUT2D eigenvalue weighted by atomic mass is 14.6. The molecule has 0 amide bonds. The van der Waals surface area contributed by atoms with Crippen molar-refractivity contribution < 1.29 is 0 Å². The average molecular weight is 300 g/mol. The zero-order valence-corrected chi connectivity index (χ0v) is 15.8. The minimum Gasteiger partial charge on any atom is -0.328 e. The summed E-state index contributed by atoms with van der Waals surface area (Å²) in [5.41, 5.74) is 5.74. The number of nitrogens with two attached hydrogens (primary N) is 1. The third-order valence-corrected chi connectivity index (χ3v) is 4.01. The first-order chi connectivity index (χ1) is 10.3. The lowest BCUT2D eigenvalue weighted by atomic mass is 10.0. The van der Waals surface area contributed by atoms with Crippen LogP contribution < -0.4 is 5.73 Å². The maximum Gasteiger partial charge on any atom is 0.00104 e. The quantitative estimate of drug-likeness (QED) is 0.317. The largest absolute Gasteiger partial charge is 0.328 e. The van der Waals surface area contributed by atoms with E-state index in [4.69, 9.17) is 5.73 Å². The highest BCUT2D eigenvalue weighted by Gasteiger charge is 1.95. The summed E-state index contributed by atoms with van der Waals surface area (Å²) in [7, 11) is 0. The van der Waals surface area contributed by atoms with Gasteiger partial charge in [-0.05, 0) is 13.3 Å². The molecule has 130 valence electrons. The number of hydrogen-bond donors (Lipinski definition) is 1. The van der Waals surface area contributed by atoms with Crippen LogP contribution in [0.4, 0.5) is 0 Å². The number of rotatable bonds is 15. The van der Waals surface area contributed by atoms with E-state index in [2.05, 4.69) is 13.8 Å². The smallest absolute Gasteiger partial charge is 0.00104 e. The molecule has 1 atom stereocenters. The van der Waals surface area contributed by atoms with Crippen molar-refractivity contribution in [2.75, 3.05) is 0 Å². The van der Waals surface area contributed by atoms with Crippen LogP contribution in [0.3, 0.4) is 0 Å². The minimum atomic E-state index is 0.400. The van der Waals surface area contributed by atoms with Crippen LogP contribution in [-0.2, 0) is 0 Å². The monoisotopic (exact) mass is 299 g/mol. The molecule has 1 heteroatoms. The van der Waals surface area contributed by atoms with E-state index in [1.165, 1.54) is 96.3 Å². The topological polar surface area (TPSA) is 26.0 Å². The van der Waals surface area contributed by atoms with Crippen molar-refractivity contribution in [1.82, 2.24) is 0 Å². The second-order valence-corrected chi connectivity index (χ2v) is 6.36. The summed E-state index contributed by atoms with van der Waals surface area (Å²) in [6, 6.07) is 0.400. The second kappa shape index (κ2) is 22.2. The SMILES string of the molecule is CC.CCCCCCCCCCCCCCCCC(C)N. The van der Waals surface area contributed by atoms with Gasteiger partial charge in [-0.2, -0.15) is 0 Å². The van der Waals surface area contributed by atoms with Crippen molar-refractivity contribution in [3.63, 3.8) is 0 Å². The van der Waals surface area contributed by atoms with Gasteiger partial charge in [-0.25, -0.2) is 0 Å². The van der Waals surface area contributed by atoms with E-state index < -0.39 is 0 Å². The molecule has 0 radical (unpaired) electrons. The lowest BCUT2D eigenvalue weighted by Crippen LogP contribution is -2.13. The van der Waals surface area contributed by atoms with Gasteiger partial charge in [-0.1, -0.05) is 111 Å². The molecule has 2 N–H and O–H groups in total. The molecule has 0 rings (SSSR count). The van der Waals surface area contributed by atoms with Crippen LogP contribution in [0.25, 0.3) is 0 Å². The van der Waals surface area contributed by atoms with Gasteiger partial charge in [-0.15, -0.1) is 0 Å². The summed E-state index contributed by atoms with van der Waals surface area (Å²) in [4.78, 5) is 0. The van der Waals surface area contributed by atoms with E-state index in [0.717, 1.165) is 0 Å². The molecule has 0 aromatic carbocycles. The Balaban J connectivity index is 0. The lowest BCUT2D eigenvalue weighted by Gasteiger charge is -2.05. The molecule has 0 bridgehead atoms. The molecule has 0 fully saturated rings. The molecular formula is C20H45N. The summed E-state index contributed by atoms with van der Waals surface area (Å²) in [5.74, 6) is 0. The van der Waals surface area contributed by atoms with Gasteiger partial charge in [0, 0.05) is 6.04 Å². The van der Waals surface area contributed by atoms with E-state index in [1.54, 1.807) is 0 Å². The number of unbranched alkanes of at least 4 members (excludes halogenated alkanes) is 13. The predicted molar refractivity (Wildman–Crippen MR) is 99.9 cm³/mol. The van der Waals surface area contributed by atoms with Gasteiger partial charge in [0.15, 0.2) is 0 Å². The fourth-order valence-corrected chi connectivity index (χ4v) is 2.66. The molecule has 0 heterocycles. The molecule has 0 aliphatic rings. The van der Waals surface area contributed by atoms with Crippen molar-refractivity contribution in [3.8, 4) is 0 Å². The average Bonchev–Trinajstić information content (AvgIpc) is 2.49. The van der Waals surface area contributed by atoms with Crippen LogP contribution >= 0.6 is 0 Å². The molecule has 1 unspecified atom stereocenters. The molecule has 21 heavy (non-hydrogen) atoms. The highest BCUT2D eigenvalue weighted by Crippen LogP contribution is 2.13. The Morgan fingerprint density at radius 3 is 1.14 bits per heavy atom. The van der Waals surface area contributed by atoms with Gasteiger partial charge in [0.25, 0.3) is 0 Å². The molecule has 0 saturated heterocycles. The zero-order chi connectivity index (χ0) is 16.2. The molecular weight excluding hydrogens is 254 g/mol. The van der Waals surface area contributed by atoms with Crippen molar-refractivity contribution in [3.05, 3.63) is 0 Å². The first-order valence-electron chi connectivity index (χ1n) is 10.0.